The van der Waals surface area contributed by atoms with Gasteiger partial charge in [0, 0.05) is 18.5 Å². The number of benzene rings is 3. The Morgan fingerprint density at radius 1 is 0.824 bits per heavy atom. The molecule has 0 bridgehead atoms. The van der Waals surface area contributed by atoms with Gasteiger partial charge in [-0.25, -0.2) is 0 Å². The topological polar surface area (TPSA) is 109 Å². The lowest BCUT2D eigenvalue weighted by atomic mass is 10.1. The molecule has 3 aromatic carbocycles. The largest absolute Gasteiger partial charge is 0.484 e. The molecule has 0 heterocycles. The van der Waals surface area contributed by atoms with Gasteiger partial charge < -0.3 is 10.1 Å². The van der Waals surface area contributed by atoms with Gasteiger partial charge in [0.2, 0.25) is 11.8 Å². The molecule has 0 atom stereocenters. The second-order valence-corrected chi connectivity index (χ2v) is 8.12. The van der Waals surface area contributed by atoms with Crippen LogP contribution < -0.4 is 26.2 Å². The van der Waals surface area contributed by atoms with E-state index in [-0.39, 0.29) is 30.5 Å². The predicted octanol–water partition coefficient (Wildman–Crippen LogP) is 3.28. The summed E-state index contributed by atoms with van der Waals surface area (Å²) in [5, 5.41) is 7.19. The van der Waals surface area contributed by atoms with Crippen LogP contribution in [-0.4, -0.2) is 29.4 Å². The summed E-state index contributed by atoms with van der Waals surface area (Å²) in [5.41, 5.74) is 7.55. The van der Waals surface area contributed by atoms with E-state index in [1.807, 2.05) is 68.4 Å². The van der Waals surface area contributed by atoms with E-state index < -0.39 is 11.8 Å². The van der Waals surface area contributed by atoms with Gasteiger partial charge in [-0.15, -0.1) is 0 Å². The molecule has 0 radical (unpaired) electrons. The smallest absolute Gasteiger partial charge is 0.264 e. The van der Waals surface area contributed by atoms with Crippen molar-refractivity contribution in [1.82, 2.24) is 16.2 Å². The van der Waals surface area contributed by atoms with Crippen molar-refractivity contribution in [2.24, 2.45) is 0 Å². The van der Waals surface area contributed by atoms with Gasteiger partial charge in [-0.2, -0.15) is 0 Å². The Balaban J connectivity index is 1.33. The Hall–Kier alpha value is -3.98. The first-order valence-corrected chi connectivity index (χ1v) is 11.1. The van der Waals surface area contributed by atoms with Crippen LogP contribution in [0.4, 0.5) is 5.69 Å². The summed E-state index contributed by atoms with van der Waals surface area (Å²) in [6.45, 7) is 3.63. The maximum absolute atomic E-state index is 12.1. The molecule has 176 valence electrons. The summed E-state index contributed by atoms with van der Waals surface area (Å²) in [4.78, 5) is 36.1. The number of hydrogen-bond donors (Lipinski definition) is 4. The Morgan fingerprint density at radius 2 is 1.56 bits per heavy atom. The van der Waals surface area contributed by atoms with E-state index >= 15 is 0 Å². The highest BCUT2D eigenvalue weighted by Crippen LogP contribution is 2.20. The molecular formula is C25H26N4O4S. The third kappa shape index (κ3) is 7.56. The molecule has 0 aliphatic carbocycles. The summed E-state index contributed by atoms with van der Waals surface area (Å²) in [6.07, 6.45) is -0.0507. The lowest BCUT2D eigenvalue weighted by Gasteiger charge is -2.12. The van der Waals surface area contributed by atoms with Gasteiger partial charge in [0.1, 0.15) is 5.75 Å². The van der Waals surface area contributed by atoms with Crippen molar-refractivity contribution in [3.63, 3.8) is 0 Å². The first-order valence-electron chi connectivity index (χ1n) is 10.7. The van der Waals surface area contributed by atoms with Crippen molar-refractivity contribution in [1.29, 1.82) is 0 Å². The van der Waals surface area contributed by atoms with Crippen LogP contribution in [0.15, 0.2) is 60.7 Å². The number of ether oxygens (including phenoxy) is 1. The number of nitrogens with one attached hydrogen (secondary N) is 4. The monoisotopic (exact) mass is 478 g/mol. The number of fused-ring (bicyclic) bond motifs is 1. The lowest BCUT2D eigenvalue weighted by molar-refractivity contribution is -0.125. The normalized spacial score (nSPS) is 10.3. The molecule has 4 N–H and O–H groups in total. The maximum atomic E-state index is 12.1. The zero-order chi connectivity index (χ0) is 24.5. The van der Waals surface area contributed by atoms with Crippen LogP contribution in [0.1, 0.15) is 24.0 Å². The average molecular weight is 479 g/mol. The summed E-state index contributed by atoms with van der Waals surface area (Å²) in [5.74, 6) is -0.642. The van der Waals surface area contributed by atoms with E-state index in [2.05, 4.69) is 21.5 Å². The standard InChI is InChI=1S/C25H26N4O4S/c1-16-7-10-21(17(2)13-16)26-22(30)11-12-23(31)28-29-25(34)27-24(32)15-33-20-9-8-18-5-3-4-6-19(18)14-20/h3-10,13-14H,11-12,15H2,1-2H3,(H,26,30)(H,28,31)(H2,27,29,32,34). The van der Waals surface area contributed by atoms with Crippen molar-refractivity contribution in [2.45, 2.75) is 26.7 Å². The molecule has 3 aromatic rings. The van der Waals surface area contributed by atoms with E-state index in [1.54, 1.807) is 6.07 Å². The first kappa shape index (κ1) is 24.7. The van der Waals surface area contributed by atoms with Gasteiger partial charge in [-0.05, 0) is 60.6 Å². The van der Waals surface area contributed by atoms with E-state index in [1.165, 1.54) is 0 Å². The third-order valence-corrected chi connectivity index (χ3v) is 5.10. The van der Waals surface area contributed by atoms with Crippen molar-refractivity contribution < 1.29 is 19.1 Å². The van der Waals surface area contributed by atoms with Crippen LogP contribution >= 0.6 is 12.2 Å². The van der Waals surface area contributed by atoms with Crippen LogP contribution in [0, 0.1) is 13.8 Å². The van der Waals surface area contributed by atoms with E-state index in [4.69, 9.17) is 17.0 Å². The molecule has 0 saturated heterocycles. The van der Waals surface area contributed by atoms with Crippen LogP contribution in [0.3, 0.4) is 0 Å². The number of rotatable bonds is 7. The van der Waals surface area contributed by atoms with E-state index in [0.29, 0.717) is 11.4 Å². The average Bonchev–Trinajstić information content (AvgIpc) is 2.81. The quantitative estimate of drug-likeness (QED) is 0.307. The second kappa shape index (κ2) is 11.8. The molecule has 0 aromatic heterocycles. The second-order valence-electron chi connectivity index (χ2n) is 7.71. The number of hydrazine groups is 1. The molecule has 8 nitrogen and oxygen atoms in total. The summed E-state index contributed by atoms with van der Waals surface area (Å²) < 4.78 is 5.50. The number of aryl methyl sites for hydroxylation is 2. The van der Waals surface area contributed by atoms with Gasteiger partial charge in [0.15, 0.2) is 11.7 Å². The molecular weight excluding hydrogens is 452 g/mol. The highest BCUT2D eigenvalue weighted by molar-refractivity contribution is 7.80. The highest BCUT2D eigenvalue weighted by Gasteiger charge is 2.10. The summed E-state index contributed by atoms with van der Waals surface area (Å²) >= 11 is 5.00. The molecule has 0 saturated carbocycles. The van der Waals surface area contributed by atoms with E-state index in [0.717, 1.165) is 21.9 Å². The Kier molecular flexibility index (Phi) is 8.53. The minimum absolute atomic E-state index is 0.000448. The number of carbonyl (C=O) groups excluding carboxylic acids is 3. The summed E-state index contributed by atoms with van der Waals surface area (Å²) in [7, 11) is 0. The van der Waals surface area contributed by atoms with Gasteiger partial charge in [-0.3, -0.25) is 30.6 Å². The Bertz CT molecular complexity index is 1230. The SMILES string of the molecule is Cc1ccc(NC(=O)CCC(=O)NNC(=S)NC(=O)COc2ccc3ccccc3c2)c(C)c1. The Labute approximate surface area is 203 Å². The van der Waals surface area contributed by atoms with Crippen LogP contribution in [-0.2, 0) is 14.4 Å². The molecule has 0 aliphatic rings. The molecule has 3 rings (SSSR count). The molecule has 9 heteroatoms. The number of thiocarbonyl (C=S) groups is 1. The van der Waals surface area contributed by atoms with Crippen molar-refractivity contribution in [2.75, 3.05) is 11.9 Å². The van der Waals surface area contributed by atoms with Crippen LogP contribution in [0.25, 0.3) is 10.8 Å². The molecule has 34 heavy (non-hydrogen) atoms. The maximum Gasteiger partial charge on any atom is 0.264 e. The Morgan fingerprint density at radius 3 is 2.32 bits per heavy atom. The molecule has 0 fully saturated rings. The van der Waals surface area contributed by atoms with Crippen LogP contribution in [0.5, 0.6) is 5.75 Å². The van der Waals surface area contributed by atoms with E-state index in [9.17, 15) is 14.4 Å². The van der Waals surface area contributed by atoms with Gasteiger partial charge in [0.05, 0.1) is 0 Å². The van der Waals surface area contributed by atoms with Gasteiger partial charge in [0.25, 0.3) is 5.91 Å². The summed E-state index contributed by atoms with van der Waals surface area (Å²) in [6, 6.07) is 19.0. The zero-order valence-electron chi connectivity index (χ0n) is 18.9. The third-order valence-electron chi connectivity index (χ3n) is 4.89. The van der Waals surface area contributed by atoms with Crippen molar-refractivity contribution in [3.8, 4) is 5.75 Å². The molecule has 0 spiro atoms. The molecule has 0 aliphatic heterocycles. The lowest BCUT2D eigenvalue weighted by Crippen LogP contribution is -2.49. The fourth-order valence-corrected chi connectivity index (χ4v) is 3.35. The fourth-order valence-electron chi connectivity index (χ4n) is 3.18. The van der Waals surface area contributed by atoms with Crippen molar-refractivity contribution in [3.05, 3.63) is 71.8 Å². The number of carbonyl (C=O) groups is 3. The first-order chi connectivity index (χ1) is 16.3. The minimum atomic E-state index is -0.479. The minimum Gasteiger partial charge on any atom is -0.484 e. The zero-order valence-corrected chi connectivity index (χ0v) is 19.8. The molecule has 3 amide bonds. The van der Waals surface area contributed by atoms with Gasteiger partial charge >= 0.3 is 0 Å². The predicted molar refractivity (Wildman–Crippen MR) is 135 cm³/mol. The number of anilines is 1. The van der Waals surface area contributed by atoms with Crippen LogP contribution in [0.2, 0.25) is 0 Å². The molecule has 0 unspecified atom stereocenters. The van der Waals surface area contributed by atoms with Crippen molar-refractivity contribution >= 4 is 51.5 Å². The number of amides is 3. The highest BCUT2D eigenvalue weighted by atomic mass is 32.1. The van der Waals surface area contributed by atoms with Gasteiger partial charge in [-0.1, -0.05) is 48.0 Å². The number of hydrogen-bond acceptors (Lipinski definition) is 5. The fraction of sp³-hybridized carbons (Fsp3) is 0.200.